The Hall–Kier alpha value is -4.86. The molecule has 268 valence electrons. The third kappa shape index (κ3) is 8.38. The fourth-order valence-corrected chi connectivity index (χ4v) is 6.70. The summed E-state index contributed by atoms with van der Waals surface area (Å²) in [5.41, 5.74) is 3.07. The Kier molecular flexibility index (Phi) is 10.7. The van der Waals surface area contributed by atoms with Crippen molar-refractivity contribution in [2.75, 3.05) is 87.5 Å². The van der Waals surface area contributed by atoms with Gasteiger partial charge in [0, 0.05) is 50.6 Å². The van der Waals surface area contributed by atoms with Crippen LogP contribution in [0.5, 0.6) is 5.75 Å². The lowest BCUT2D eigenvalue weighted by molar-refractivity contribution is -0.126. The number of nitrogens with one attached hydrogen (secondary N) is 2. The van der Waals surface area contributed by atoms with E-state index >= 15 is 0 Å². The number of thiazole rings is 1. The Morgan fingerprint density at radius 2 is 1.84 bits per heavy atom. The second-order valence-electron chi connectivity index (χ2n) is 12.5. The van der Waals surface area contributed by atoms with Gasteiger partial charge in [0.15, 0.2) is 22.5 Å². The number of nitrogens with zero attached hydrogens (tertiary/aromatic N) is 7. The molecule has 0 unspecified atom stereocenters. The van der Waals surface area contributed by atoms with Crippen LogP contribution >= 0.6 is 22.9 Å². The molecule has 2 fully saturated rings. The van der Waals surface area contributed by atoms with E-state index < -0.39 is 19.0 Å². The number of amides is 2. The van der Waals surface area contributed by atoms with Crippen LogP contribution in [0.4, 0.5) is 36.9 Å². The highest BCUT2D eigenvalue weighted by Crippen LogP contribution is 2.40. The minimum Gasteiger partial charge on any atom is -0.493 e. The molecule has 0 spiro atoms. The molecule has 6 rings (SSSR count). The molecule has 5 heterocycles. The Morgan fingerprint density at radius 1 is 1.08 bits per heavy atom. The smallest absolute Gasteiger partial charge is 0.282 e. The first-order chi connectivity index (χ1) is 24.4. The number of hydrogen-bond acceptors (Lipinski definition) is 11. The normalized spacial score (nSPS) is 15.6. The number of halogens is 3. The Bertz CT molecular complexity index is 1920. The highest BCUT2D eigenvalue weighted by molar-refractivity contribution is 7.17. The van der Waals surface area contributed by atoms with Gasteiger partial charge in [-0.15, -0.1) is 0 Å². The molecule has 2 amide bonds. The van der Waals surface area contributed by atoms with Gasteiger partial charge in [0.2, 0.25) is 5.91 Å². The summed E-state index contributed by atoms with van der Waals surface area (Å²) in [4.78, 5) is 47.3. The van der Waals surface area contributed by atoms with Crippen molar-refractivity contribution < 1.29 is 23.1 Å². The summed E-state index contributed by atoms with van der Waals surface area (Å²) in [6.45, 7) is 3.68. The number of aromatic nitrogens is 3. The number of benzene rings is 1. The number of carbonyl (C=O) groups is 2. The summed E-state index contributed by atoms with van der Waals surface area (Å²) in [7, 11) is 5.38. The zero-order chi connectivity index (χ0) is 36.3. The third-order valence-corrected chi connectivity index (χ3v) is 9.67. The van der Waals surface area contributed by atoms with Gasteiger partial charge in [-0.2, -0.15) is 0 Å². The van der Waals surface area contributed by atoms with Gasteiger partial charge in [0.25, 0.3) is 11.8 Å². The lowest BCUT2D eigenvalue weighted by atomic mass is 10.1. The first-order valence-corrected chi connectivity index (χ1v) is 17.4. The maximum atomic E-state index is 14.1. The number of pyridine rings is 2. The molecule has 0 radical (unpaired) electrons. The fourth-order valence-electron chi connectivity index (χ4n) is 5.72. The maximum absolute atomic E-state index is 14.1. The minimum atomic E-state index is -2.79. The van der Waals surface area contributed by atoms with Crippen molar-refractivity contribution in [3.63, 3.8) is 0 Å². The number of likely N-dealkylation sites (N-methyl/N-ethyl adjacent to an activating group) is 1. The summed E-state index contributed by atoms with van der Waals surface area (Å²) in [5, 5.41) is 6.84. The molecular weight excluding hydrogens is 700 g/mol. The molecule has 2 saturated heterocycles. The van der Waals surface area contributed by atoms with E-state index in [0.717, 1.165) is 16.9 Å². The monoisotopic (exact) mass is 737 g/mol. The minimum absolute atomic E-state index is 0.0539. The van der Waals surface area contributed by atoms with Crippen molar-refractivity contribution in [1.29, 1.82) is 0 Å². The van der Waals surface area contributed by atoms with Crippen molar-refractivity contribution in [3.8, 4) is 17.0 Å². The molecule has 2 aliphatic heterocycles. The van der Waals surface area contributed by atoms with Crippen molar-refractivity contribution in [3.05, 3.63) is 76.4 Å². The quantitative estimate of drug-likeness (QED) is 0.183. The lowest BCUT2D eigenvalue weighted by Gasteiger charge is -2.43. The van der Waals surface area contributed by atoms with E-state index in [2.05, 4.69) is 15.6 Å². The summed E-state index contributed by atoms with van der Waals surface area (Å²) < 4.78 is 33.8. The number of para-hydroxylation sites is 1. The van der Waals surface area contributed by atoms with E-state index in [1.807, 2.05) is 55.1 Å². The van der Waals surface area contributed by atoms with Gasteiger partial charge in [0.05, 0.1) is 48.5 Å². The second kappa shape index (κ2) is 15.2. The van der Waals surface area contributed by atoms with Crippen molar-refractivity contribution in [2.24, 2.45) is 0 Å². The summed E-state index contributed by atoms with van der Waals surface area (Å²) in [6, 6.07) is 10.7. The fraction of sp³-hybridized carbons (Fsp3) is 0.343. The van der Waals surface area contributed by atoms with Gasteiger partial charge in [-0.05, 0) is 50.8 Å². The molecule has 0 atom stereocenters. The third-order valence-electron chi connectivity index (χ3n) is 8.44. The van der Waals surface area contributed by atoms with Gasteiger partial charge in [-0.1, -0.05) is 41.1 Å². The van der Waals surface area contributed by atoms with Crippen molar-refractivity contribution in [2.45, 2.75) is 12.8 Å². The molecule has 3 aromatic heterocycles. The first kappa shape index (κ1) is 35.9. The number of carbonyl (C=O) groups excluding carboxylic acids is 2. The van der Waals surface area contributed by atoms with Gasteiger partial charge in [-0.25, -0.2) is 23.7 Å². The van der Waals surface area contributed by atoms with Crippen LogP contribution < -0.4 is 25.2 Å². The van der Waals surface area contributed by atoms with Gasteiger partial charge >= 0.3 is 0 Å². The van der Waals surface area contributed by atoms with Crippen molar-refractivity contribution >= 4 is 62.9 Å². The molecule has 0 saturated carbocycles. The molecule has 16 heteroatoms. The number of anilines is 5. The van der Waals surface area contributed by atoms with Crippen LogP contribution in [0.25, 0.3) is 11.3 Å². The molecule has 0 aliphatic carbocycles. The van der Waals surface area contributed by atoms with E-state index in [-0.39, 0.29) is 11.8 Å². The molecule has 2 N–H and O–H groups in total. The number of rotatable bonds is 11. The van der Waals surface area contributed by atoms with Crippen LogP contribution in [0.3, 0.4) is 0 Å². The number of piperazine rings is 1. The van der Waals surface area contributed by atoms with Crippen LogP contribution in [0, 0.1) is 6.92 Å². The van der Waals surface area contributed by atoms with Crippen LogP contribution in [0.1, 0.15) is 15.2 Å². The largest absolute Gasteiger partial charge is 0.493 e. The second-order valence-corrected chi connectivity index (χ2v) is 14.0. The van der Waals surface area contributed by atoms with Crippen LogP contribution in [0.2, 0.25) is 5.02 Å². The zero-order valence-corrected chi connectivity index (χ0v) is 30.2. The van der Waals surface area contributed by atoms with E-state index in [0.29, 0.717) is 87.8 Å². The van der Waals surface area contributed by atoms with E-state index in [4.69, 9.17) is 26.3 Å². The van der Waals surface area contributed by atoms with Gasteiger partial charge in [0.1, 0.15) is 4.88 Å². The van der Waals surface area contributed by atoms with E-state index in [9.17, 15) is 18.4 Å². The van der Waals surface area contributed by atoms with E-state index in [1.165, 1.54) is 13.3 Å². The van der Waals surface area contributed by atoms with Gasteiger partial charge < -0.3 is 35.0 Å². The lowest BCUT2D eigenvalue weighted by Crippen LogP contribution is -2.57. The Labute approximate surface area is 303 Å². The molecule has 2 aliphatic rings. The summed E-state index contributed by atoms with van der Waals surface area (Å²) in [6.07, 6.45) is 6.55. The number of alkyl halides is 2. The molecule has 0 bridgehead atoms. The first-order valence-electron chi connectivity index (χ1n) is 16.2. The van der Waals surface area contributed by atoms with E-state index in [1.54, 1.807) is 40.3 Å². The average Bonchev–Trinajstić information content (AvgIpc) is 3.57. The number of aryl methyl sites for hydroxylation is 1. The number of hydrogen-bond donors (Lipinski definition) is 2. The SMILES string of the molecule is COc1ccc(-c2cnc(N3CCN(C(=O)/C=C/CN(C)C)CC3)c(N3CC(F)(F)C3)c2)nc1Nc1ncc(C(=O)Nc2c(C)cccc2Cl)s1. The average molecular weight is 738 g/mol. The zero-order valence-electron chi connectivity index (χ0n) is 28.6. The molecule has 1 aromatic carbocycles. The molecule has 51 heavy (non-hydrogen) atoms. The number of methoxy groups -OCH3 is 1. The standard InChI is InChI=1S/C35H38ClF2N9O3S/c1-22-7-5-8-24(36)30(22)42-33(49)28-19-40-34(51-28)43-31-27(50-4)11-10-25(41-31)23-17-26(47-20-35(37,38)21-47)32(39-18-23)46-15-13-45(14-16-46)29(48)9-6-12-44(2)3/h5-11,17-19H,12-16,20-21H2,1-4H3,(H,42,49)(H,40,41,43)/b9-6+. The molecular formula is C35H38ClF2N9O3S. The van der Waals surface area contributed by atoms with Gasteiger partial charge in [-0.3, -0.25) is 9.59 Å². The predicted molar refractivity (Wildman–Crippen MR) is 197 cm³/mol. The molecule has 12 nitrogen and oxygen atoms in total. The van der Waals surface area contributed by atoms with Crippen LogP contribution in [-0.4, -0.2) is 110 Å². The Balaban J connectivity index is 1.20. The topological polar surface area (TPSA) is 119 Å². The highest BCUT2D eigenvalue weighted by atomic mass is 35.5. The summed E-state index contributed by atoms with van der Waals surface area (Å²) in [5.74, 6) is -1.84. The van der Waals surface area contributed by atoms with Crippen LogP contribution in [0.15, 0.2) is 60.9 Å². The predicted octanol–water partition coefficient (Wildman–Crippen LogP) is 5.79. The molecule has 4 aromatic rings. The highest BCUT2D eigenvalue weighted by Gasteiger charge is 2.45. The van der Waals surface area contributed by atoms with Crippen LogP contribution in [-0.2, 0) is 4.79 Å². The summed E-state index contributed by atoms with van der Waals surface area (Å²) >= 11 is 7.42. The van der Waals surface area contributed by atoms with Crippen molar-refractivity contribution in [1.82, 2.24) is 24.8 Å². The Morgan fingerprint density at radius 3 is 2.53 bits per heavy atom. The number of ether oxygens (including phenoxy) is 1. The maximum Gasteiger partial charge on any atom is 0.282 e.